The average molecular weight is 535 g/mol. The molecule has 202 valence electrons. The first-order valence-corrected chi connectivity index (χ1v) is 12.3. The fraction of sp³-hybridized carbons (Fsp3) is 0.276. The van der Waals surface area contributed by atoms with Crippen molar-refractivity contribution in [2.24, 2.45) is 5.92 Å². The molecule has 0 spiro atoms. The van der Waals surface area contributed by atoms with Crippen LogP contribution in [0, 0.1) is 11.7 Å². The van der Waals surface area contributed by atoms with E-state index in [2.05, 4.69) is 5.32 Å². The summed E-state index contributed by atoms with van der Waals surface area (Å²) in [5.41, 5.74) is 1.89. The predicted octanol–water partition coefficient (Wildman–Crippen LogP) is 3.94. The first-order chi connectivity index (χ1) is 18.9. The summed E-state index contributed by atoms with van der Waals surface area (Å²) in [6, 6.07) is 17.8. The molecule has 10 heteroatoms. The second-order valence-electron chi connectivity index (χ2n) is 9.21. The zero-order valence-electron chi connectivity index (χ0n) is 21.3. The molecular formula is C29H27FN2O7. The van der Waals surface area contributed by atoms with Gasteiger partial charge in [-0.15, -0.1) is 0 Å². The molecule has 1 fully saturated rings. The summed E-state index contributed by atoms with van der Waals surface area (Å²) in [7, 11) is 2.49. The number of esters is 1. The van der Waals surface area contributed by atoms with Crippen LogP contribution in [0.25, 0.3) is 0 Å². The Morgan fingerprint density at radius 1 is 0.923 bits per heavy atom. The molecule has 3 aromatic carbocycles. The van der Waals surface area contributed by atoms with Crippen molar-refractivity contribution in [1.29, 1.82) is 0 Å². The Bertz CT molecular complexity index is 1370. The maximum atomic E-state index is 13.9. The third-order valence-electron chi connectivity index (χ3n) is 7.10. The Kier molecular flexibility index (Phi) is 7.36. The molecule has 0 bridgehead atoms. The van der Waals surface area contributed by atoms with Crippen LogP contribution in [-0.4, -0.2) is 49.9 Å². The van der Waals surface area contributed by atoms with E-state index in [0.29, 0.717) is 28.2 Å². The Balaban J connectivity index is 1.61. The van der Waals surface area contributed by atoms with Crippen molar-refractivity contribution in [1.82, 2.24) is 10.2 Å². The zero-order chi connectivity index (χ0) is 27.5. The highest BCUT2D eigenvalue weighted by molar-refractivity contribution is 5.91. The molecule has 4 atom stereocenters. The molecule has 0 radical (unpaired) electrons. The van der Waals surface area contributed by atoms with Crippen molar-refractivity contribution < 1.29 is 37.7 Å². The van der Waals surface area contributed by atoms with Gasteiger partial charge in [0, 0.05) is 12.5 Å². The number of amides is 2. The number of hydrogen-bond donors (Lipinski definition) is 1. The van der Waals surface area contributed by atoms with E-state index in [1.807, 2.05) is 6.07 Å². The maximum absolute atomic E-state index is 13.9. The standard InChI is InChI=1S/C29H27FN2O7/c1-36-28(34)24-23(18-6-4-3-5-7-18)26(27(33)31-15-17-8-11-20(30)12-9-17)32(29(35)37-2)25(24)19-10-13-21-22(14-19)39-16-38-21/h3-14,23-26H,15-16H2,1-2H3,(H,31,33). The van der Waals surface area contributed by atoms with Crippen LogP contribution in [0.5, 0.6) is 11.5 Å². The lowest BCUT2D eigenvalue weighted by atomic mass is 9.79. The summed E-state index contributed by atoms with van der Waals surface area (Å²) in [6.07, 6.45) is -0.785. The molecule has 2 aliphatic rings. The van der Waals surface area contributed by atoms with E-state index in [0.717, 1.165) is 0 Å². The second kappa shape index (κ2) is 11.0. The van der Waals surface area contributed by atoms with Crippen LogP contribution >= 0.6 is 0 Å². The van der Waals surface area contributed by atoms with Crippen molar-refractivity contribution in [3.63, 3.8) is 0 Å². The summed E-state index contributed by atoms with van der Waals surface area (Å²) in [6.45, 7) is 0.134. The van der Waals surface area contributed by atoms with Crippen molar-refractivity contribution in [3.05, 3.63) is 95.3 Å². The molecule has 2 amide bonds. The van der Waals surface area contributed by atoms with E-state index in [4.69, 9.17) is 18.9 Å². The van der Waals surface area contributed by atoms with Gasteiger partial charge in [-0.2, -0.15) is 0 Å². The monoisotopic (exact) mass is 534 g/mol. The highest BCUT2D eigenvalue weighted by atomic mass is 19.1. The van der Waals surface area contributed by atoms with Crippen LogP contribution in [0.2, 0.25) is 0 Å². The smallest absolute Gasteiger partial charge is 0.410 e. The fourth-order valence-corrected chi connectivity index (χ4v) is 5.37. The van der Waals surface area contributed by atoms with E-state index in [1.54, 1.807) is 54.6 Å². The maximum Gasteiger partial charge on any atom is 0.410 e. The Morgan fingerprint density at radius 2 is 1.64 bits per heavy atom. The zero-order valence-corrected chi connectivity index (χ0v) is 21.3. The number of fused-ring (bicyclic) bond motifs is 1. The van der Waals surface area contributed by atoms with Crippen LogP contribution in [0.15, 0.2) is 72.8 Å². The summed E-state index contributed by atoms with van der Waals surface area (Å²) in [5.74, 6) is -2.23. The second-order valence-corrected chi connectivity index (χ2v) is 9.21. The molecule has 39 heavy (non-hydrogen) atoms. The molecule has 0 saturated carbocycles. The number of rotatable bonds is 6. The largest absolute Gasteiger partial charge is 0.469 e. The van der Waals surface area contributed by atoms with Gasteiger partial charge >= 0.3 is 12.1 Å². The third kappa shape index (κ3) is 4.97. The normalized spacial score (nSPS) is 21.4. The van der Waals surface area contributed by atoms with Crippen LogP contribution in [0.4, 0.5) is 9.18 Å². The molecule has 2 heterocycles. The number of methoxy groups -OCH3 is 2. The van der Waals surface area contributed by atoms with Gasteiger partial charge in [0.05, 0.1) is 26.2 Å². The lowest BCUT2D eigenvalue weighted by Gasteiger charge is -2.30. The van der Waals surface area contributed by atoms with E-state index in [1.165, 1.54) is 31.3 Å². The van der Waals surface area contributed by atoms with Gasteiger partial charge in [0.15, 0.2) is 11.5 Å². The SMILES string of the molecule is COC(=O)C1C(c2ccccc2)C(C(=O)NCc2ccc(F)cc2)N(C(=O)OC)C1c1ccc2c(c1)OCO2. The van der Waals surface area contributed by atoms with Crippen molar-refractivity contribution >= 4 is 18.0 Å². The number of likely N-dealkylation sites (tertiary alicyclic amines) is 1. The number of ether oxygens (including phenoxy) is 4. The number of carbonyl (C=O) groups is 3. The van der Waals surface area contributed by atoms with Gasteiger partial charge in [-0.3, -0.25) is 14.5 Å². The van der Waals surface area contributed by atoms with E-state index in [-0.39, 0.29) is 13.3 Å². The Labute approximate surface area is 224 Å². The highest BCUT2D eigenvalue weighted by Gasteiger charge is 2.58. The quantitative estimate of drug-likeness (QED) is 0.478. The first kappa shape index (κ1) is 26.0. The Morgan fingerprint density at radius 3 is 2.33 bits per heavy atom. The number of nitrogens with zero attached hydrogens (tertiary/aromatic N) is 1. The molecule has 3 aromatic rings. The lowest BCUT2D eigenvalue weighted by Crippen LogP contribution is -2.48. The van der Waals surface area contributed by atoms with Crippen LogP contribution in [0.1, 0.15) is 28.7 Å². The molecule has 5 rings (SSSR count). The fourth-order valence-electron chi connectivity index (χ4n) is 5.37. The van der Waals surface area contributed by atoms with E-state index < -0.39 is 47.7 Å². The molecule has 1 N–H and O–H groups in total. The molecule has 4 unspecified atom stereocenters. The average Bonchev–Trinajstić information content (AvgIpc) is 3.59. The van der Waals surface area contributed by atoms with Crippen LogP contribution < -0.4 is 14.8 Å². The minimum atomic E-state index is -1.14. The number of benzene rings is 3. The summed E-state index contributed by atoms with van der Waals surface area (Å²) in [4.78, 5) is 42.0. The van der Waals surface area contributed by atoms with Gasteiger partial charge in [-0.1, -0.05) is 48.5 Å². The minimum Gasteiger partial charge on any atom is -0.469 e. The molecular weight excluding hydrogens is 507 g/mol. The van der Waals surface area contributed by atoms with E-state index in [9.17, 15) is 18.8 Å². The first-order valence-electron chi connectivity index (χ1n) is 12.3. The summed E-state index contributed by atoms with van der Waals surface area (Å²) in [5, 5.41) is 2.85. The topological polar surface area (TPSA) is 103 Å². The van der Waals surface area contributed by atoms with Gasteiger partial charge < -0.3 is 24.3 Å². The lowest BCUT2D eigenvalue weighted by molar-refractivity contribution is -0.146. The van der Waals surface area contributed by atoms with Gasteiger partial charge in [0.1, 0.15) is 11.9 Å². The number of hydrogen-bond acceptors (Lipinski definition) is 7. The Hall–Kier alpha value is -4.60. The highest BCUT2D eigenvalue weighted by Crippen LogP contribution is 2.52. The predicted molar refractivity (Wildman–Crippen MR) is 136 cm³/mol. The minimum absolute atomic E-state index is 0.0473. The van der Waals surface area contributed by atoms with Gasteiger partial charge in [-0.25, -0.2) is 9.18 Å². The van der Waals surface area contributed by atoms with Crippen molar-refractivity contribution in [2.45, 2.75) is 24.5 Å². The molecule has 0 aliphatic carbocycles. The number of halogens is 1. The molecule has 2 aliphatic heterocycles. The van der Waals surface area contributed by atoms with Crippen molar-refractivity contribution in [2.75, 3.05) is 21.0 Å². The van der Waals surface area contributed by atoms with E-state index >= 15 is 0 Å². The van der Waals surface area contributed by atoms with Crippen molar-refractivity contribution in [3.8, 4) is 11.5 Å². The molecule has 0 aromatic heterocycles. The number of carbonyl (C=O) groups excluding carboxylic acids is 3. The van der Waals surface area contributed by atoms with Gasteiger partial charge in [0.25, 0.3) is 0 Å². The van der Waals surface area contributed by atoms with Crippen LogP contribution in [0.3, 0.4) is 0 Å². The third-order valence-corrected chi connectivity index (χ3v) is 7.10. The molecule has 9 nitrogen and oxygen atoms in total. The number of nitrogens with one attached hydrogen (secondary N) is 1. The van der Waals surface area contributed by atoms with Crippen LogP contribution in [-0.2, 0) is 25.6 Å². The summed E-state index contributed by atoms with van der Waals surface area (Å²) >= 11 is 0. The van der Waals surface area contributed by atoms with Gasteiger partial charge in [-0.05, 0) is 41.0 Å². The summed E-state index contributed by atoms with van der Waals surface area (Å²) < 4.78 is 34.7. The molecule has 1 saturated heterocycles. The van der Waals surface area contributed by atoms with Gasteiger partial charge in [0.2, 0.25) is 12.7 Å².